The predicted molar refractivity (Wildman–Crippen MR) is 117 cm³/mol. The minimum absolute atomic E-state index is 0.0849. The third-order valence-corrected chi connectivity index (χ3v) is 6.37. The maximum atomic E-state index is 12.3. The number of aryl methyl sites for hydroxylation is 2. The number of amides is 1. The SMILES string of the molecule is CCc1ccc(C(=O)CSc2nc(CC(=O)Nc3ccccc3C)cs2)cc1. The van der Waals surface area contributed by atoms with E-state index in [9.17, 15) is 9.59 Å². The number of nitrogens with zero attached hydrogens (tertiary/aromatic N) is 1. The number of ketones is 1. The van der Waals surface area contributed by atoms with Crippen LogP contribution in [0.2, 0.25) is 0 Å². The van der Waals surface area contributed by atoms with E-state index in [1.54, 1.807) is 0 Å². The van der Waals surface area contributed by atoms with E-state index in [-0.39, 0.29) is 18.1 Å². The zero-order valence-electron chi connectivity index (χ0n) is 15.9. The normalized spacial score (nSPS) is 10.6. The van der Waals surface area contributed by atoms with Gasteiger partial charge in [-0.05, 0) is 30.5 Å². The molecule has 3 aromatic rings. The van der Waals surface area contributed by atoms with Gasteiger partial charge in [0.15, 0.2) is 10.1 Å². The lowest BCUT2D eigenvalue weighted by molar-refractivity contribution is -0.115. The fourth-order valence-corrected chi connectivity index (χ4v) is 4.38. The van der Waals surface area contributed by atoms with Gasteiger partial charge < -0.3 is 5.32 Å². The molecule has 0 saturated heterocycles. The Hall–Kier alpha value is -2.44. The highest BCUT2D eigenvalue weighted by Gasteiger charge is 2.12. The van der Waals surface area contributed by atoms with Crippen LogP contribution in [-0.2, 0) is 17.6 Å². The molecule has 0 spiro atoms. The van der Waals surface area contributed by atoms with Crippen LogP contribution in [0.3, 0.4) is 0 Å². The van der Waals surface area contributed by atoms with Crippen molar-refractivity contribution < 1.29 is 9.59 Å². The summed E-state index contributed by atoms with van der Waals surface area (Å²) in [6.45, 7) is 4.05. The second-order valence-corrected chi connectivity index (χ2v) is 8.49. The fourth-order valence-electron chi connectivity index (χ4n) is 2.64. The molecule has 0 fully saturated rings. The highest BCUT2D eigenvalue weighted by molar-refractivity contribution is 8.01. The maximum absolute atomic E-state index is 12.3. The molecule has 1 aromatic heterocycles. The molecule has 0 radical (unpaired) electrons. The number of anilines is 1. The van der Waals surface area contributed by atoms with Crippen molar-refractivity contribution >= 4 is 40.5 Å². The van der Waals surface area contributed by atoms with Gasteiger partial charge in [0, 0.05) is 16.6 Å². The van der Waals surface area contributed by atoms with E-state index in [1.807, 2.05) is 60.8 Å². The van der Waals surface area contributed by atoms with Crippen LogP contribution in [0.5, 0.6) is 0 Å². The number of hydrogen-bond acceptors (Lipinski definition) is 5. The Bertz CT molecular complexity index is 965. The van der Waals surface area contributed by atoms with Crippen molar-refractivity contribution in [3.05, 3.63) is 76.3 Å². The van der Waals surface area contributed by atoms with Gasteiger partial charge in [0.25, 0.3) is 0 Å². The summed E-state index contributed by atoms with van der Waals surface area (Å²) in [5.41, 5.74) is 4.50. The molecule has 1 N–H and O–H groups in total. The summed E-state index contributed by atoms with van der Waals surface area (Å²) in [6, 6.07) is 15.4. The van der Waals surface area contributed by atoms with E-state index in [0.29, 0.717) is 5.75 Å². The van der Waals surface area contributed by atoms with Gasteiger partial charge in [0.05, 0.1) is 17.9 Å². The zero-order chi connectivity index (χ0) is 19.9. The number of benzene rings is 2. The van der Waals surface area contributed by atoms with Gasteiger partial charge in [-0.15, -0.1) is 11.3 Å². The van der Waals surface area contributed by atoms with Gasteiger partial charge in [-0.25, -0.2) is 4.98 Å². The van der Waals surface area contributed by atoms with Gasteiger partial charge in [0.1, 0.15) is 0 Å². The van der Waals surface area contributed by atoms with Crippen LogP contribution in [-0.4, -0.2) is 22.4 Å². The van der Waals surface area contributed by atoms with E-state index < -0.39 is 0 Å². The van der Waals surface area contributed by atoms with Gasteiger partial charge in [-0.1, -0.05) is 61.2 Å². The average Bonchev–Trinajstić information content (AvgIpc) is 3.15. The number of Topliss-reactive ketones (excluding diaryl/α,β-unsaturated/α-hetero) is 1. The molecule has 1 heterocycles. The minimum Gasteiger partial charge on any atom is -0.326 e. The summed E-state index contributed by atoms with van der Waals surface area (Å²) in [6.07, 6.45) is 1.18. The van der Waals surface area contributed by atoms with E-state index in [0.717, 1.165) is 33.3 Å². The van der Waals surface area contributed by atoms with Crippen molar-refractivity contribution in [1.29, 1.82) is 0 Å². The van der Waals surface area contributed by atoms with Gasteiger partial charge in [-0.2, -0.15) is 0 Å². The van der Waals surface area contributed by atoms with Gasteiger partial charge in [0.2, 0.25) is 5.91 Å². The molecular weight excluding hydrogens is 388 g/mol. The number of rotatable bonds is 8. The third-order valence-electron chi connectivity index (χ3n) is 4.30. The lowest BCUT2D eigenvalue weighted by Gasteiger charge is -2.06. The van der Waals surface area contributed by atoms with Gasteiger partial charge >= 0.3 is 0 Å². The number of nitrogens with one attached hydrogen (secondary N) is 1. The van der Waals surface area contributed by atoms with Crippen molar-refractivity contribution in [1.82, 2.24) is 4.98 Å². The maximum Gasteiger partial charge on any atom is 0.230 e. The van der Waals surface area contributed by atoms with E-state index in [2.05, 4.69) is 17.2 Å². The molecular formula is C22H22N2O2S2. The smallest absolute Gasteiger partial charge is 0.230 e. The molecule has 1 amide bonds. The van der Waals surface area contributed by atoms with E-state index >= 15 is 0 Å². The summed E-state index contributed by atoms with van der Waals surface area (Å²) >= 11 is 2.88. The number of carbonyl (C=O) groups excluding carboxylic acids is 2. The van der Waals surface area contributed by atoms with Crippen LogP contribution in [0.25, 0.3) is 0 Å². The molecule has 2 aromatic carbocycles. The number of hydrogen-bond donors (Lipinski definition) is 1. The summed E-state index contributed by atoms with van der Waals surface area (Å²) in [5, 5.41) is 4.79. The number of aromatic nitrogens is 1. The van der Waals surface area contributed by atoms with E-state index in [4.69, 9.17) is 0 Å². The summed E-state index contributed by atoms with van der Waals surface area (Å²) < 4.78 is 0.803. The largest absolute Gasteiger partial charge is 0.326 e. The van der Waals surface area contributed by atoms with Crippen molar-refractivity contribution in [2.24, 2.45) is 0 Å². The molecule has 144 valence electrons. The second-order valence-electron chi connectivity index (χ2n) is 6.41. The third kappa shape index (κ3) is 5.53. The quantitative estimate of drug-likeness (QED) is 0.411. The summed E-state index contributed by atoms with van der Waals surface area (Å²) in [5.74, 6) is 0.332. The first-order chi connectivity index (χ1) is 13.5. The molecule has 0 aliphatic carbocycles. The average molecular weight is 411 g/mol. The summed E-state index contributed by atoms with van der Waals surface area (Å²) in [7, 11) is 0. The molecule has 0 aliphatic heterocycles. The monoisotopic (exact) mass is 410 g/mol. The Kier molecular flexibility index (Phi) is 7.01. The first-order valence-corrected chi connectivity index (χ1v) is 11.0. The Morgan fingerprint density at radius 1 is 1.11 bits per heavy atom. The van der Waals surface area contributed by atoms with Crippen LogP contribution in [0.4, 0.5) is 5.69 Å². The Morgan fingerprint density at radius 3 is 2.57 bits per heavy atom. The first-order valence-electron chi connectivity index (χ1n) is 9.10. The first kappa shape index (κ1) is 20.3. The zero-order valence-corrected chi connectivity index (χ0v) is 17.5. The van der Waals surface area contributed by atoms with Crippen LogP contribution < -0.4 is 5.32 Å². The molecule has 0 aliphatic rings. The number of para-hydroxylation sites is 1. The van der Waals surface area contributed by atoms with Crippen molar-refractivity contribution in [3.8, 4) is 0 Å². The van der Waals surface area contributed by atoms with Crippen LogP contribution in [0, 0.1) is 6.92 Å². The summed E-state index contributed by atoms with van der Waals surface area (Å²) in [4.78, 5) is 29.0. The molecule has 3 rings (SSSR count). The molecule has 0 saturated carbocycles. The van der Waals surface area contributed by atoms with Crippen LogP contribution in [0.15, 0.2) is 58.3 Å². The van der Waals surface area contributed by atoms with Gasteiger partial charge in [-0.3, -0.25) is 9.59 Å². The lowest BCUT2D eigenvalue weighted by atomic mass is 10.1. The Morgan fingerprint density at radius 2 is 1.86 bits per heavy atom. The van der Waals surface area contributed by atoms with Crippen LogP contribution >= 0.6 is 23.1 Å². The van der Waals surface area contributed by atoms with Crippen LogP contribution in [0.1, 0.15) is 34.1 Å². The van der Waals surface area contributed by atoms with Crippen molar-refractivity contribution in [3.63, 3.8) is 0 Å². The fraction of sp³-hybridized carbons (Fsp3) is 0.227. The lowest BCUT2D eigenvalue weighted by Crippen LogP contribution is -2.15. The molecule has 0 unspecified atom stereocenters. The Labute approximate surface area is 173 Å². The topological polar surface area (TPSA) is 59.1 Å². The molecule has 0 atom stereocenters. The standard InChI is InChI=1S/C22H22N2O2S2/c1-3-16-8-10-17(11-9-16)20(25)14-28-22-23-18(13-27-22)12-21(26)24-19-7-5-4-6-15(19)2/h4-11,13H,3,12,14H2,1-2H3,(H,24,26). The van der Waals surface area contributed by atoms with Crippen molar-refractivity contribution in [2.75, 3.05) is 11.1 Å². The van der Waals surface area contributed by atoms with Crippen molar-refractivity contribution in [2.45, 2.75) is 31.0 Å². The Balaban J connectivity index is 1.51. The second kappa shape index (κ2) is 9.66. The number of thiazole rings is 1. The highest BCUT2D eigenvalue weighted by Crippen LogP contribution is 2.24. The number of carbonyl (C=O) groups is 2. The minimum atomic E-state index is -0.0942. The molecule has 0 bridgehead atoms. The molecule has 4 nitrogen and oxygen atoms in total. The predicted octanol–water partition coefficient (Wildman–Crippen LogP) is 5.17. The van der Waals surface area contributed by atoms with E-state index in [1.165, 1.54) is 28.7 Å². The number of thioether (sulfide) groups is 1. The highest BCUT2D eigenvalue weighted by atomic mass is 32.2. The molecule has 28 heavy (non-hydrogen) atoms. The molecule has 6 heteroatoms.